The Morgan fingerprint density at radius 2 is 2.10 bits per heavy atom. The van der Waals surface area contributed by atoms with Gasteiger partial charge in [-0.2, -0.15) is 0 Å². The molecule has 116 valence electrons. The number of rotatable bonds is 6. The van der Waals surface area contributed by atoms with E-state index in [1.807, 2.05) is 27.9 Å². The van der Waals surface area contributed by atoms with E-state index in [9.17, 15) is 9.59 Å². The highest BCUT2D eigenvalue weighted by molar-refractivity contribution is 5.88. The zero-order valence-electron chi connectivity index (χ0n) is 13.3. The van der Waals surface area contributed by atoms with Gasteiger partial charge in [-0.1, -0.05) is 6.42 Å². The predicted octanol–water partition coefficient (Wildman–Crippen LogP) is 1.28. The van der Waals surface area contributed by atoms with Gasteiger partial charge < -0.3 is 15.5 Å². The number of amides is 2. The third kappa shape index (κ3) is 6.37. The van der Waals surface area contributed by atoms with Crippen molar-refractivity contribution in [3.63, 3.8) is 0 Å². The molecule has 1 atom stereocenters. The number of carbonyl (C=O) groups excluding carboxylic acids is 2. The van der Waals surface area contributed by atoms with Crippen LogP contribution in [-0.4, -0.2) is 48.9 Å². The third-order valence-corrected chi connectivity index (χ3v) is 3.67. The van der Waals surface area contributed by atoms with Gasteiger partial charge in [-0.15, -0.1) is 0 Å². The number of carbonyl (C=O) groups is 2. The summed E-state index contributed by atoms with van der Waals surface area (Å²) < 4.78 is 0. The van der Waals surface area contributed by atoms with Gasteiger partial charge in [-0.05, 0) is 60.2 Å². The van der Waals surface area contributed by atoms with Crippen molar-refractivity contribution in [2.45, 2.75) is 64.0 Å². The van der Waals surface area contributed by atoms with Crippen LogP contribution in [0.2, 0.25) is 0 Å². The van der Waals surface area contributed by atoms with Crippen molar-refractivity contribution in [2.24, 2.45) is 0 Å². The van der Waals surface area contributed by atoms with Crippen molar-refractivity contribution < 1.29 is 9.59 Å². The Hall–Kier alpha value is -1.10. The zero-order chi connectivity index (χ0) is 15.2. The second kappa shape index (κ2) is 7.62. The van der Waals surface area contributed by atoms with E-state index in [-0.39, 0.29) is 23.4 Å². The lowest BCUT2D eigenvalue weighted by Crippen LogP contribution is -2.52. The second-order valence-corrected chi connectivity index (χ2v) is 6.65. The van der Waals surface area contributed by atoms with Crippen molar-refractivity contribution in [1.82, 2.24) is 15.5 Å². The average Bonchev–Trinajstić information content (AvgIpc) is 2.52. The molecule has 1 fully saturated rings. The molecule has 0 unspecified atom stereocenters. The third-order valence-electron chi connectivity index (χ3n) is 3.67. The number of nitrogens with one attached hydrogen (secondary N) is 2. The lowest BCUT2D eigenvalue weighted by atomic mass is 9.97. The molecular formula is C15H29N3O2. The molecule has 0 aromatic heterocycles. The quantitative estimate of drug-likeness (QED) is 0.772. The Balaban J connectivity index is 2.44. The fourth-order valence-corrected chi connectivity index (χ4v) is 2.49. The van der Waals surface area contributed by atoms with Crippen molar-refractivity contribution in [2.75, 3.05) is 20.6 Å². The van der Waals surface area contributed by atoms with Crippen LogP contribution in [0.4, 0.5) is 0 Å². The number of nitrogens with zero attached hydrogens (tertiary/aromatic N) is 1. The van der Waals surface area contributed by atoms with Gasteiger partial charge in [0, 0.05) is 12.0 Å². The predicted molar refractivity (Wildman–Crippen MR) is 80.4 cm³/mol. The summed E-state index contributed by atoms with van der Waals surface area (Å²) in [5.74, 6) is -0.0526. The molecule has 0 aromatic rings. The van der Waals surface area contributed by atoms with E-state index >= 15 is 0 Å². The molecule has 1 aliphatic rings. The molecule has 5 heteroatoms. The number of hydrogen-bond donors (Lipinski definition) is 2. The zero-order valence-corrected chi connectivity index (χ0v) is 13.3. The molecule has 1 saturated heterocycles. The van der Waals surface area contributed by atoms with E-state index in [4.69, 9.17) is 0 Å². The van der Waals surface area contributed by atoms with Crippen LogP contribution in [0.15, 0.2) is 0 Å². The average molecular weight is 283 g/mol. The van der Waals surface area contributed by atoms with E-state index in [0.717, 1.165) is 38.6 Å². The van der Waals surface area contributed by atoms with Gasteiger partial charge in [0.15, 0.2) is 0 Å². The Morgan fingerprint density at radius 3 is 2.75 bits per heavy atom. The van der Waals surface area contributed by atoms with Crippen LogP contribution >= 0.6 is 0 Å². The molecule has 2 amide bonds. The van der Waals surface area contributed by atoms with Gasteiger partial charge in [0.2, 0.25) is 11.8 Å². The summed E-state index contributed by atoms with van der Waals surface area (Å²) in [6.45, 7) is 5.09. The molecule has 1 aliphatic heterocycles. The summed E-state index contributed by atoms with van der Waals surface area (Å²) in [4.78, 5) is 25.9. The molecule has 0 aliphatic carbocycles. The first-order valence-corrected chi connectivity index (χ1v) is 7.56. The summed E-state index contributed by atoms with van der Waals surface area (Å²) in [6, 6.07) is -0.363. The van der Waals surface area contributed by atoms with Crippen LogP contribution in [-0.2, 0) is 9.59 Å². The Morgan fingerprint density at radius 1 is 1.40 bits per heavy atom. The van der Waals surface area contributed by atoms with Gasteiger partial charge >= 0.3 is 0 Å². The fourth-order valence-electron chi connectivity index (χ4n) is 2.49. The van der Waals surface area contributed by atoms with Gasteiger partial charge in [-0.3, -0.25) is 9.59 Å². The highest BCUT2D eigenvalue weighted by atomic mass is 16.2. The minimum atomic E-state index is -0.363. The molecule has 1 rings (SSSR count). The van der Waals surface area contributed by atoms with Gasteiger partial charge in [0.05, 0.1) is 0 Å². The second-order valence-electron chi connectivity index (χ2n) is 6.65. The van der Waals surface area contributed by atoms with E-state index in [1.54, 1.807) is 0 Å². The van der Waals surface area contributed by atoms with Crippen molar-refractivity contribution in [3.05, 3.63) is 0 Å². The standard InChI is InChI=1S/C15H29N3O2/c1-15(2,10-7-11-18(3)4)17-14(20)12-8-5-6-9-13(19)16-12/h12H,5-11H2,1-4H3,(H,16,19)(H,17,20)/t12-/m1/s1. The molecule has 5 nitrogen and oxygen atoms in total. The highest BCUT2D eigenvalue weighted by Crippen LogP contribution is 2.14. The van der Waals surface area contributed by atoms with Gasteiger partial charge in [0.1, 0.15) is 6.04 Å². The van der Waals surface area contributed by atoms with Crippen LogP contribution in [0.1, 0.15) is 52.4 Å². The first-order chi connectivity index (χ1) is 9.30. The Kier molecular flexibility index (Phi) is 6.46. The molecule has 0 radical (unpaired) electrons. The van der Waals surface area contributed by atoms with E-state index in [0.29, 0.717) is 6.42 Å². The summed E-state index contributed by atoms with van der Waals surface area (Å²) in [5, 5.41) is 5.89. The summed E-state index contributed by atoms with van der Waals surface area (Å²) in [7, 11) is 4.10. The molecule has 1 heterocycles. The molecule has 0 spiro atoms. The largest absolute Gasteiger partial charge is 0.349 e. The minimum Gasteiger partial charge on any atom is -0.349 e. The molecule has 0 saturated carbocycles. The summed E-state index contributed by atoms with van der Waals surface area (Å²) in [5.41, 5.74) is -0.232. The van der Waals surface area contributed by atoms with E-state index < -0.39 is 0 Å². The first kappa shape index (κ1) is 17.0. The smallest absolute Gasteiger partial charge is 0.242 e. The van der Waals surface area contributed by atoms with E-state index in [1.165, 1.54) is 0 Å². The van der Waals surface area contributed by atoms with Crippen LogP contribution in [0.5, 0.6) is 0 Å². The Labute approximate surface area is 122 Å². The number of hydrogen-bond acceptors (Lipinski definition) is 3. The molecule has 2 N–H and O–H groups in total. The van der Waals surface area contributed by atoms with Crippen molar-refractivity contribution >= 4 is 11.8 Å². The topological polar surface area (TPSA) is 61.4 Å². The summed E-state index contributed by atoms with van der Waals surface area (Å²) in [6.07, 6.45) is 5.05. The molecule has 0 bridgehead atoms. The maximum atomic E-state index is 12.3. The van der Waals surface area contributed by atoms with Crippen LogP contribution in [0, 0.1) is 0 Å². The normalized spacial score (nSPS) is 20.4. The van der Waals surface area contributed by atoms with Crippen molar-refractivity contribution in [3.8, 4) is 0 Å². The fraction of sp³-hybridized carbons (Fsp3) is 0.867. The monoisotopic (exact) mass is 283 g/mol. The maximum absolute atomic E-state index is 12.3. The minimum absolute atomic E-state index is 0.00642. The van der Waals surface area contributed by atoms with Crippen LogP contribution in [0.3, 0.4) is 0 Å². The van der Waals surface area contributed by atoms with Gasteiger partial charge in [-0.25, -0.2) is 0 Å². The molecule has 20 heavy (non-hydrogen) atoms. The van der Waals surface area contributed by atoms with Crippen LogP contribution < -0.4 is 10.6 Å². The Bertz CT molecular complexity index is 340. The highest BCUT2D eigenvalue weighted by Gasteiger charge is 2.27. The van der Waals surface area contributed by atoms with E-state index in [2.05, 4.69) is 15.5 Å². The lowest BCUT2D eigenvalue weighted by Gasteiger charge is -2.29. The molecular weight excluding hydrogens is 254 g/mol. The molecule has 0 aromatic carbocycles. The first-order valence-electron chi connectivity index (χ1n) is 7.56. The summed E-state index contributed by atoms with van der Waals surface area (Å²) >= 11 is 0. The SMILES string of the molecule is CN(C)CCCC(C)(C)NC(=O)[C@H]1CCCCC(=O)N1. The van der Waals surface area contributed by atoms with Crippen LogP contribution in [0.25, 0.3) is 0 Å². The van der Waals surface area contributed by atoms with Gasteiger partial charge in [0.25, 0.3) is 0 Å². The van der Waals surface area contributed by atoms with Crippen molar-refractivity contribution in [1.29, 1.82) is 0 Å². The maximum Gasteiger partial charge on any atom is 0.242 e. The lowest BCUT2D eigenvalue weighted by molar-refractivity contribution is -0.129.